The molecule has 1 N–H and O–H groups in total. The molecular weight excluding hydrogens is 104 g/mol. The molecule has 0 atom stereocenters. The molecule has 0 aromatic heterocycles. The molecule has 0 aromatic carbocycles. The molecule has 1 aliphatic rings. The lowest BCUT2D eigenvalue weighted by Gasteiger charge is -2.16. The highest BCUT2D eigenvalue weighted by atomic mass is 15.8. The van der Waals surface area contributed by atoms with E-state index < -0.39 is 0 Å². The Hall–Kier alpha value is -0.770. The van der Waals surface area contributed by atoms with E-state index in [1.165, 1.54) is 0 Å². The average molecular weight is 113 g/mol. The minimum Gasteiger partial charge on any atom is -0.520 e. The van der Waals surface area contributed by atoms with Crippen LogP contribution in [0, 0.1) is 0 Å². The van der Waals surface area contributed by atoms with Crippen molar-refractivity contribution in [3.05, 3.63) is 5.53 Å². The summed E-state index contributed by atoms with van der Waals surface area (Å²) in [4.78, 5) is 0. The van der Waals surface area contributed by atoms with Gasteiger partial charge >= 0.3 is 0 Å². The van der Waals surface area contributed by atoms with Gasteiger partial charge in [0.25, 0.3) is 0 Å². The molecule has 4 nitrogen and oxygen atoms in total. The van der Waals surface area contributed by atoms with Gasteiger partial charge in [0.1, 0.15) is 0 Å². The number of hydrogen-bond donors (Lipinski definition) is 1. The summed E-state index contributed by atoms with van der Waals surface area (Å²) in [5.74, 6) is 0.977. The van der Waals surface area contributed by atoms with Gasteiger partial charge in [-0.05, 0) is 0 Å². The van der Waals surface area contributed by atoms with E-state index in [4.69, 9.17) is 0 Å². The molecule has 1 aliphatic heterocycles. The average Bonchev–Trinajstić information content (AvgIpc) is 2.14. The van der Waals surface area contributed by atoms with E-state index in [-0.39, 0.29) is 0 Å². The van der Waals surface area contributed by atoms with Gasteiger partial charge in [-0.1, -0.05) is 6.92 Å². The van der Waals surface area contributed by atoms with Crippen LogP contribution >= 0.6 is 0 Å². The first-order chi connectivity index (χ1) is 3.84. The SMILES string of the molecule is CCC1=N[N-]NN1C. The Balaban J connectivity index is 2.49. The van der Waals surface area contributed by atoms with Gasteiger partial charge in [-0.25, -0.2) is 0 Å². The second-order valence-electron chi connectivity index (χ2n) is 1.63. The van der Waals surface area contributed by atoms with Crippen molar-refractivity contribution < 1.29 is 0 Å². The summed E-state index contributed by atoms with van der Waals surface area (Å²) >= 11 is 0. The number of nitrogens with one attached hydrogen (secondary N) is 1. The van der Waals surface area contributed by atoms with Crippen molar-refractivity contribution in [1.29, 1.82) is 0 Å². The van der Waals surface area contributed by atoms with Crippen LogP contribution in [0.4, 0.5) is 0 Å². The van der Waals surface area contributed by atoms with Crippen molar-refractivity contribution in [2.24, 2.45) is 5.10 Å². The highest BCUT2D eigenvalue weighted by molar-refractivity contribution is 5.83. The fourth-order valence-electron chi connectivity index (χ4n) is 0.580. The van der Waals surface area contributed by atoms with Crippen LogP contribution in [0.3, 0.4) is 0 Å². The Bertz CT molecular complexity index is 109. The first kappa shape index (κ1) is 5.37. The van der Waals surface area contributed by atoms with E-state index in [0.29, 0.717) is 0 Å². The Morgan fingerprint density at radius 2 is 2.62 bits per heavy atom. The Morgan fingerprint density at radius 3 is 2.88 bits per heavy atom. The molecule has 46 valence electrons. The lowest BCUT2D eigenvalue weighted by atomic mass is 10.4. The number of rotatable bonds is 1. The second kappa shape index (κ2) is 2.00. The van der Waals surface area contributed by atoms with Gasteiger partial charge in [-0.15, -0.1) is 0 Å². The molecule has 0 radical (unpaired) electrons. The van der Waals surface area contributed by atoms with Crippen molar-refractivity contribution in [2.45, 2.75) is 13.3 Å². The summed E-state index contributed by atoms with van der Waals surface area (Å²) in [6, 6.07) is 0. The standard InChI is InChI=1S/C4H9N4/c1-3-4-5-6-7-8(4)2/h7H,3H2,1-2H3/q-1. The molecule has 8 heavy (non-hydrogen) atoms. The van der Waals surface area contributed by atoms with E-state index >= 15 is 0 Å². The molecule has 0 spiro atoms. The monoisotopic (exact) mass is 113 g/mol. The van der Waals surface area contributed by atoms with Crippen molar-refractivity contribution in [3.63, 3.8) is 0 Å². The normalized spacial score (nSPS) is 18.2. The second-order valence-corrected chi connectivity index (χ2v) is 1.63. The van der Waals surface area contributed by atoms with E-state index in [2.05, 4.69) is 16.2 Å². The van der Waals surface area contributed by atoms with Gasteiger partial charge in [0.15, 0.2) is 0 Å². The van der Waals surface area contributed by atoms with Crippen molar-refractivity contribution in [3.8, 4) is 0 Å². The van der Waals surface area contributed by atoms with Gasteiger partial charge in [-0.3, -0.25) is 5.53 Å². The van der Waals surface area contributed by atoms with E-state index in [1.807, 2.05) is 14.0 Å². The topological polar surface area (TPSA) is 41.7 Å². The van der Waals surface area contributed by atoms with Crippen LogP contribution in [0.15, 0.2) is 5.10 Å². The summed E-state index contributed by atoms with van der Waals surface area (Å²) in [5, 5.41) is 5.58. The van der Waals surface area contributed by atoms with Crippen LogP contribution in [0.2, 0.25) is 0 Å². The summed E-state index contributed by atoms with van der Waals surface area (Å²) in [6.07, 6.45) is 0.924. The first-order valence-corrected chi connectivity index (χ1v) is 2.60. The summed E-state index contributed by atoms with van der Waals surface area (Å²) in [7, 11) is 1.89. The largest absolute Gasteiger partial charge is 0.520 e. The van der Waals surface area contributed by atoms with Gasteiger partial charge in [-0.2, -0.15) is 0 Å². The Kier molecular flexibility index (Phi) is 1.34. The third kappa shape index (κ3) is 0.742. The van der Waals surface area contributed by atoms with E-state index in [9.17, 15) is 0 Å². The smallest absolute Gasteiger partial charge is 0.0977 e. The van der Waals surface area contributed by atoms with Crippen LogP contribution in [-0.2, 0) is 0 Å². The highest BCUT2D eigenvalue weighted by Crippen LogP contribution is 2.00. The van der Waals surface area contributed by atoms with Gasteiger partial charge in [0.05, 0.1) is 5.84 Å². The van der Waals surface area contributed by atoms with Crippen molar-refractivity contribution in [2.75, 3.05) is 7.05 Å². The zero-order valence-corrected chi connectivity index (χ0v) is 5.05. The summed E-state index contributed by atoms with van der Waals surface area (Å²) < 4.78 is 0. The number of hydrogen-bond acceptors (Lipinski definition) is 3. The third-order valence-corrected chi connectivity index (χ3v) is 1.06. The molecular formula is C4H9N4-. The maximum Gasteiger partial charge on any atom is 0.0977 e. The number of amidine groups is 1. The quantitative estimate of drug-likeness (QED) is 0.536. The zero-order chi connectivity index (χ0) is 5.98. The first-order valence-electron chi connectivity index (χ1n) is 2.60. The van der Waals surface area contributed by atoms with Gasteiger partial charge in [0, 0.05) is 13.5 Å². The van der Waals surface area contributed by atoms with Gasteiger partial charge < -0.3 is 15.6 Å². The molecule has 1 heterocycles. The molecule has 0 aromatic rings. The van der Waals surface area contributed by atoms with Gasteiger partial charge in [0.2, 0.25) is 0 Å². The highest BCUT2D eigenvalue weighted by Gasteiger charge is 1.99. The lowest BCUT2D eigenvalue weighted by molar-refractivity contribution is 0.436. The van der Waals surface area contributed by atoms with Crippen LogP contribution in [0.5, 0.6) is 0 Å². The molecule has 0 amide bonds. The Morgan fingerprint density at radius 1 is 1.88 bits per heavy atom. The molecule has 1 rings (SSSR count). The molecule has 0 bridgehead atoms. The number of nitrogens with zero attached hydrogens (tertiary/aromatic N) is 3. The van der Waals surface area contributed by atoms with Crippen LogP contribution in [0.1, 0.15) is 13.3 Å². The van der Waals surface area contributed by atoms with E-state index in [1.54, 1.807) is 5.01 Å². The van der Waals surface area contributed by atoms with Crippen LogP contribution in [0.25, 0.3) is 5.53 Å². The minimum absolute atomic E-state index is 0.924. The fraction of sp³-hybridized carbons (Fsp3) is 0.750. The third-order valence-electron chi connectivity index (χ3n) is 1.06. The van der Waals surface area contributed by atoms with Crippen LogP contribution in [-0.4, -0.2) is 17.9 Å². The zero-order valence-electron chi connectivity index (χ0n) is 5.05. The molecule has 0 unspecified atom stereocenters. The fourth-order valence-corrected chi connectivity index (χ4v) is 0.580. The summed E-state index contributed by atoms with van der Waals surface area (Å²) in [5.41, 5.74) is 6.26. The minimum atomic E-state index is 0.924. The number of hydrazine groups is 1. The Labute approximate surface area is 48.5 Å². The molecule has 0 saturated carbocycles. The van der Waals surface area contributed by atoms with Crippen LogP contribution < -0.4 is 5.53 Å². The molecule has 0 fully saturated rings. The molecule has 0 saturated heterocycles. The van der Waals surface area contributed by atoms with E-state index in [0.717, 1.165) is 12.3 Å². The predicted octanol–water partition coefficient (Wildman–Crippen LogP) is 0.449. The maximum atomic E-state index is 3.79. The lowest BCUT2D eigenvalue weighted by Crippen LogP contribution is -2.30. The summed E-state index contributed by atoms with van der Waals surface area (Å²) in [6.45, 7) is 2.04. The van der Waals surface area contributed by atoms with Crippen molar-refractivity contribution in [1.82, 2.24) is 10.5 Å². The molecule has 0 aliphatic carbocycles. The molecule has 4 heteroatoms. The van der Waals surface area contributed by atoms with Crippen molar-refractivity contribution >= 4 is 5.84 Å². The maximum absolute atomic E-state index is 3.79. The predicted molar refractivity (Wildman–Crippen MR) is 32.0 cm³/mol.